The van der Waals surface area contributed by atoms with Crippen LogP contribution in [-0.4, -0.2) is 0 Å². The first-order chi connectivity index (χ1) is 26.3. The van der Waals surface area contributed by atoms with Gasteiger partial charge in [0.15, 0.2) is 0 Å². The van der Waals surface area contributed by atoms with Crippen LogP contribution in [0.2, 0.25) is 0 Å². The summed E-state index contributed by atoms with van der Waals surface area (Å²) in [5, 5.41) is 0. The zero-order valence-electron chi connectivity index (χ0n) is 29.5. The predicted octanol–water partition coefficient (Wildman–Crippen LogP) is 14.2. The van der Waals surface area contributed by atoms with Crippen LogP contribution >= 0.6 is 0 Å². The number of nitrogens with zero attached hydrogens (tertiary/aromatic N) is 1. The Morgan fingerprint density at radius 1 is 0.283 bits per heavy atom. The molecule has 0 aromatic heterocycles. The Balaban J connectivity index is 0.943. The van der Waals surface area contributed by atoms with E-state index in [1.165, 1.54) is 50.1 Å². The molecule has 0 aliphatic rings. The first-order valence-corrected chi connectivity index (χ1v) is 18.1. The fourth-order valence-electron chi connectivity index (χ4n) is 6.68. The third kappa shape index (κ3) is 8.01. The average Bonchev–Trinajstić information content (AvgIpc) is 3.24. The van der Waals surface area contributed by atoms with Crippen molar-refractivity contribution >= 4 is 40.9 Å². The lowest BCUT2D eigenvalue weighted by atomic mass is 9.93. The van der Waals surface area contributed by atoms with Gasteiger partial charge in [0.05, 0.1) is 0 Å². The van der Waals surface area contributed by atoms with Gasteiger partial charge in [-0.25, -0.2) is 0 Å². The average molecular weight is 678 g/mol. The highest BCUT2D eigenvalue weighted by molar-refractivity contribution is 5.92. The summed E-state index contributed by atoms with van der Waals surface area (Å²) in [6.45, 7) is 0. The molecule has 1 heteroatoms. The summed E-state index contributed by atoms with van der Waals surface area (Å²) in [5.41, 5.74) is 15.3. The second-order valence-corrected chi connectivity index (χ2v) is 13.0. The van der Waals surface area contributed by atoms with Gasteiger partial charge >= 0.3 is 0 Å². The van der Waals surface area contributed by atoms with E-state index in [2.05, 4.69) is 242 Å². The molecule has 53 heavy (non-hydrogen) atoms. The highest BCUT2D eigenvalue weighted by Gasteiger charge is 2.11. The van der Waals surface area contributed by atoms with Crippen LogP contribution in [0.5, 0.6) is 0 Å². The summed E-state index contributed by atoms with van der Waals surface area (Å²) in [6, 6.07) is 77.4. The van der Waals surface area contributed by atoms with E-state index in [0.717, 1.165) is 22.6 Å². The van der Waals surface area contributed by atoms with Crippen molar-refractivity contribution < 1.29 is 0 Å². The number of benzene rings is 8. The second-order valence-electron chi connectivity index (χ2n) is 13.0. The normalized spacial score (nSPS) is 11.4. The molecule has 0 aliphatic carbocycles. The molecule has 0 N–H and O–H groups in total. The van der Waals surface area contributed by atoms with E-state index in [9.17, 15) is 0 Å². The minimum atomic E-state index is 1.13. The minimum absolute atomic E-state index is 1.13. The van der Waals surface area contributed by atoms with Crippen molar-refractivity contribution in [2.24, 2.45) is 0 Å². The highest BCUT2D eigenvalue weighted by atomic mass is 15.1. The number of rotatable bonds is 10. The predicted molar refractivity (Wildman–Crippen MR) is 227 cm³/mol. The molecule has 0 fully saturated rings. The first kappa shape index (κ1) is 33.2. The fourth-order valence-corrected chi connectivity index (χ4v) is 6.68. The third-order valence-corrected chi connectivity index (χ3v) is 9.50. The topological polar surface area (TPSA) is 3.24 Å². The zero-order chi connectivity index (χ0) is 35.7. The molecule has 1 nitrogen and oxygen atoms in total. The summed E-state index contributed by atoms with van der Waals surface area (Å²) >= 11 is 0. The van der Waals surface area contributed by atoms with Gasteiger partial charge in [-0.05, 0) is 98.1 Å². The molecule has 0 saturated carbocycles. The van der Waals surface area contributed by atoms with E-state index >= 15 is 0 Å². The lowest BCUT2D eigenvalue weighted by Gasteiger charge is -2.25. The summed E-state index contributed by atoms with van der Waals surface area (Å²) in [4.78, 5) is 2.28. The van der Waals surface area contributed by atoms with E-state index in [4.69, 9.17) is 0 Å². The first-order valence-electron chi connectivity index (χ1n) is 18.1. The molecule has 0 aliphatic heterocycles. The standard InChI is InChI=1S/C52H39N/c1-5-13-42(14-6-1)39-52(47-15-7-2-8-16-47)48-35-33-46(34-36-48)45-31-29-44(30-32-45)43-27-23-40(24-28-43)21-22-41-25-37-51(38-26-41)53(49-17-9-3-10-18-49)50-19-11-4-12-20-50/h1-39H/b22-21+,52-39+. The van der Waals surface area contributed by atoms with Crippen LogP contribution in [-0.2, 0) is 0 Å². The third-order valence-electron chi connectivity index (χ3n) is 9.50. The second kappa shape index (κ2) is 15.9. The molecule has 0 heterocycles. The van der Waals surface area contributed by atoms with Crippen LogP contribution in [0, 0.1) is 0 Å². The van der Waals surface area contributed by atoms with Crippen molar-refractivity contribution in [3.8, 4) is 22.3 Å². The van der Waals surface area contributed by atoms with Gasteiger partial charge in [-0.3, -0.25) is 0 Å². The zero-order valence-corrected chi connectivity index (χ0v) is 29.5. The maximum absolute atomic E-state index is 2.28. The monoisotopic (exact) mass is 677 g/mol. The van der Waals surface area contributed by atoms with Crippen molar-refractivity contribution in [3.05, 3.63) is 246 Å². The van der Waals surface area contributed by atoms with Gasteiger partial charge in [-0.15, -0.1) is 0 Å². The van der Waals surface area contributed by atoms with Gasteiger partial charge in [0, 0.05) is 17.1 Å². The molecule has 0 saturated heterocycles. The summed E-state index contributed by atoms with van der Waals surface area (Å²) < 4.78 is 0. The molecule has 0 radical (unpaired) electrons. The smallest absolute Gasteiger partial charge is 0.0462 e. The van der Waals surface area contributed by atoms with E-state index in [1.807, 2.05) is 0 Å². The van der Waals surface area contributed by atoms with Gasteiger partial charge in [-0.1, -0.05) is 194 Å². The van der Waals surface area contributed by atoms with E-state index < -0.39 is 0 Å². The summed E-state index contributed by atoms with van der Waals surface area (Å²) in [6.07, 6.45) is 6.62. The largest absolute Gasteiger partial charge is 0.311 e. The molecule has 8 aromatic carbocycles. The number of para-hydroxylation sites is 2. The van der Waals surface area contributed by atoms with Gasteiger partial charge < -0.3 is 4.90 Å². The number of anilines is 3. The Kier molecular flexibility index (Phi) is 9.98. The van der Waals surface area contributed by atoms with Crippen LogP contribution in [0.4, 0.5) is 17.1 Å². The molecular weight excluding hydrogens is 639 g/mol. The van der Waals surface area contributed by atoms with Crippen LogP contribution in [0.25, 0.3) is 46.1 Å². The number of hydrogen-bond donors (Lipinski definition) is 0. The molecule has 0 bridgehead atoms. The van der Waals surface area contributed by atoms with Crippen LogP contribution in [0.1, 0.15) is 27.8 Å². The lowest BCUT2D eigenvalue weighted by molar-refractivity contribution is 1.28. The molecule has 0 amide bonds. The van der Waals surface area contributed by atoms with Gasteiger partial charge in [0.2, 0.25) is 0 Å². The Labute approximate surface area is 313 Å². The van der Waals surface area contributed by atoms with E-state index in [-0.39, 0.29) is 0 Å². The molecule has 0 unspecified atom stereocenters. The Bertz CT molecular complexity index is 2370. The van der Waals surface area contributed by atoms with Gasteiger partial charge in [0.25, 0.3) is 0 Å². The SMILES string of the molecule is C(=C\c1ccc(N(c2ccccc2)c2ccccc2)cc1)/c1ccc(-c2ccc(-c3ccc(/C(=C/c4ccccc4)c4ccccc4)cc3)cc2)cc1. The Morgan fingerprint density at radius 2 is 0.623 bits per heavy atom. The maximum Gasteiger partial charge on any atom is 0.0462 e. The van der Waals surface area contributed by atoms with Crippen molar-refractivity contribution in [1.29, 1.82) is 0 Å². The quantitative estimate of drug-likeness (QED) is 0.130. The molecule has 0 atom stereocenters. The molecular formula is C52H39N. The minimum Gasteiger partial charge on any atom is -0.311 e. The van der Waals surface area contributed by atoms with Crippen molar-refractivity contribution in [1.82, 2.24) is 0 Å². The Hall–Kier alpha value is -6.96. The number of hydrogen-bond acceptors (Lipinski definition) is 1. The van der Waals surface area contributed by atoms with Crippen molar-refractivity contribution in [3.63, 3.8) is 0 Å². The lowest BCUT2D eigenvalue weighted by Crippen LogP contribution is -2.09. The Morgan fingerprint density at radius 3 is 1.09 bits per heavy atom. The van der Waals surface area contributed by atoms with E-state index in [0.29, 0.717) is 0 Å². The summed E-state index contributed by atoms with van der Waals surface area (Å²) in [7, 11) is 0. The maximum atomic E-state index is 2.28. The van der Waals surface area contributed by atoms with Crippen molar-refractivity contribution in [2.45, 2.75) is 0 Å². The molecule has 0 spiro atoms. The van der Waals surface area contributed by atoms with E-state index in [1.54, 1.807) is 0 Å². The highest BCUT2D eigenvalue weighted by Crippen LogP contribution is 2.35. The fraction of sp³-hybridized carbons (Fsp3) is 0. The van der Waals surface area contributed by atoms with Crippen LogP contribution < -0.4 is 4.90 Å². The molecule has 252 valence electrons. The van der Waals surface area contributed by atoms with Crippen LogP contribution in [0.3, 0.4) is 0 Å². The van der Waals surface area contributed by atoms with Gasteiger partial charge in [0.1, 0.15) is 0 Å². The summed E-state index contributed by atoms with van der Waals surface area (Å²) in [5.74, 6) is 0. The van der Waals surface area contributed by atoms with Gasteiger partial charge in [-0.2, -0.15) is 0 Å². The van der Waals surface area contributed by atoms with Crippen LogP contribution in [0.15, 0.2) is 218 Å². The van der Waals surface area contributed by atoms with Crippen molar-refractivity contribution in [2.75, 3.05) is 4.90 Å². The molecule has 8 aromatic rings. The molecule has 8 rings (SSSR count).